The van der Waals surface area contributed by atoms with Crippen LogP contribution < -0.4 is 10.1 Å². The Kier molecular flexibility index (Phi) is 4.29. The standard InChI is InChI=1S/C15H15Cl2N3O/c1-9-10(7-18-11-5-6-11)8-19-15(20-9)21-13-4-2-3-12(16)14(13)17/h2-4,8,11,18H,5-7H2,1H3. The van der Waals surface area contributed by atoms with Crippen LogP contribution >= 0.6 is 23.2 Å². The third-order valence-electron chi connectivity index (χ3n) is 3.33. The van der Waals surface area contributed by atoms with E-state index in [1.165, 1.54) is 12.8 Å². The lowest BCUT2D eigenvalue weighted by molar-refractivity contribution is 0.439. The number of benzene rings is 1. The van der Waals surface area contributed by atoms with Crippen LogP contribution in [0, 0.1) is 6.92 Å². The Morgan fingerprint density at radius 2 is 2.14 bits per heavy atom. The summed E-state index contributed by atoms with van der Waals surface area (Å²) >= 11 is 12.0. The maximum Gasteiger partial charge on any atom is 0.322 e. The Morgan fingerprint density at radius 1 is 1.33 bits per heavy atom. The van der Waals surface area contributed by atoms with Gasteiger partial charge in [0.15, 0.2) is 5.75 Å². The third kappa shape index (κ3) is 3.64. The van der Waals surface area contributed by atoms with E-state index in [0.29, 0.717) is 21.8 Å². The van der Waals surface area contributed by atoms with Crippen LogP contribution in [0.5, 0.6) is 11.8 Å². The van der Waals surface area contributed by atoms with E-state index < -0.39 is 0 Å². The van der Waals surface area contributed by atoms with Gasteiger partial charge in [0.2, 0.25) is 0 Å². The predicted molar refractivity (Wildman–Crippen MR) is 83.2 cm³/mol. The van der Waals surface area contributed by atoms with Crippen molar-refractivity contribution in [2.45, 2.75) is 32.4 Å². The van der Waals surface area contributed by atoms with Crippen LogP contribution in [-0.2, 0) is 6.54 Å². The first-order valence-electron chi connectivity index (χ1n) is 6.81. The van der Waals surface area contributed by atoms with Crippen molar-refractivity contribution in [1.82, 2.24) is 15.3 Å². The molecule has 110 valence electrons. The molecule has 4 nitrogen and oxygen atoms in total. The number of halogens is 2. The molecule has 1 saturated carbocycles. The highest BCUT2D eigenvalue weighted by Crippen LogP contribution is 2.33. The molecule has 1 aliphatic rings. The van der Waals surface area contributed by atoms with E-state index in [1.54, 1.807) is 24.4 Å². The molecule has 1 heterocycles. The molecular weight excluding hydrogens is 309 g/mol. The van der Waals surface area contributed by atoms with Gasteiger partial charge in [-0.3, -0.25) is 0 Å². The summed E-state index contributed by atoms with van der Waals surface area (Å²) < 4.78 is 5.60. The fraction of sp³-hybridized carbons (Fsp3) is 0.333. The van der Waals surface area contributed by atoms with Crippen LogP contribution in [-0.4, -0.2) is 16.0 Å². The molecule has 0 radical (unpaired) electrons. The van der Waals surface area contributed by atoms with Crippen molar-refractivity contribution < 1.29 is 4.74 Å². The minimum absolute atomic E-state index is 0.270. The quantitative estimate of drug-likeness (QED) is 0.898. The topological polar surface area (TPSA) is 47.0 Å². The maximum atomic E-state index is 6.08. The lowest BCUT2D eigenvalue weighted by Crippen LogP contribution is -2.16. The van der Waals surface area contributed by atoms with E-state index in [2.05, 4.69) is 15.3 Å². The zero-order valence-corrected chi connectivity index (χ0v) is 13.1. The second-order valence-corrected chi connectivity index (χ2v) is 5.86. The minimum Gasteiger partial charge on any atom is -0.423 e. The SMILES string of the molecule is Cc1nc(Oc2cccc(Cl)c2Cl)ncc1CNC1CC1. The van der Waals surface area contributed by atoms with Crippen molar-refractivity contribution in [3.63, 3.8) is 0 Å². The molecule has 1 fully saturated rings. The summed E-state index contributed by atoms with van der Waals surface area (Å²) in [4.78, 5) is 8.59. The van der Waals surface area contributed by atoms with Gasteiger partial charge in [-0.2, -0.15) is 4.98 Å². The van der Waals surface area contributed by atoms with E-state index in [1.807, 2.05) is 6.92 Å². The highest BCUT2D eigenvalue weighted by Gasteiger charge is 2.20. The molecular formula is C15H15Cl2N3O. The molecule has 21 heavy (non-hydrogen) atoms. The first kappa shape index (κ1) is 14.6. The lowest BCUT2D eigenvalue weighted by Gasteiger charge is -2.09. The summed E-state index contributed by atoms with van der Waals surface area (Å²) in [5.74, 6) is 0.451. The molecule has 1 N–H and O–H groups in total. The van der Waals surface area contributed by atoms with Crippen LogP contribution in [0.2, 0.25) is 10.0 Å². The van der Waals surface area contributed by atoms with Crippen molar-refractivity contribution in [2.24, 2.45) is 0 Å². The van der Waals surface area contributed by atoms with E-state index in [-0.39, 0.29) is 6.01 Å². The summed E-state index contributed by atoms with van der Waals surface area (Å²) in [5.41, 5.74) is 1.97. The molecule has 1 aliphatic carbocycles. The first-order chi connectivity index (χ1) is 10.1. The van der Waals surface area contributed by atoms with Crippen LogP contribution in [0.1, 0.15) is 24.1 Å². The van der Waals surface area contributed by atoms with Crippen LogP contribution in [0.3, 0.4) is 0 Å². The molecule has 0 atom stereocenters. The second kappa shape index (κ2) is 6.18. The number of nitrogens with zero attached hydrogens (tertiary/aromatic N) is 2. The molecule has 3 rings (SSSR count). The summed E-state index contributed by atoms with van der Waals surface area (Å²) in [6, 6.07) is 6.13. The monoisotopic (exact) mass is 323 g/mol. The van der Waals surface area contributed by atoms with Crippen molar-refractivity contribution in [3.05, 3.63) is 45.7 Å². The fourth-order valence-electron chi connectivity index (χ4n) is 1.90. The largest absolute Gasteiger partial charge is 0.423 e. The Bertz CT molecular complexity index is 659. The number of rotatable bonds is 5. The van der Waals surface area contributed by atoms with Gasteiger partial charge >= 0.3 is 6.01 Å². The number of nitrogens with one attached hydrogen (secondary N) is 1. The molecule has 6 heteroatoms. The Morgan fingerprint density at radius 3 is 2.86 bits per heavy atom. The second-order valence-electron chi connectivity index (χ2n) is 5.07. The van der Waals surface area contributed by atoms with Gasteiger partial charge in [0, 0.05) is 30.0 Å². The molecule has 0 aliphatic heterocycles. The van der Waals surface area contributed by atoms with Gasteiger partial charge in [-0.05, 0) is 31.9 Å². The molecule has 2 aromatic rings. The fourth-order valence-corrected chi connectivity index (χ4v) is 2.23. The van der Waals surface area contributed by atoms with Crippen molar-refractivity contribution in [2.75, 3.05) is 0 Å². The summed E-state index contributed by atoms with van der Waals surface area (Å²) in [6.45, 7) is 2.73. The average Bonchev–Trinajstić information content (AvgIpc) is 3.27. The number of hydrogen-bond donors (Lipinski definition) is 1. The van der Waals surface area contributed by atoms with Crippen molar-refractivity contribution in [3.8, 4) is 11.8 Å². The van der Waals surface area contributed by atoms with Crippen LogP contribution in [0.4, 0.5) is 0 Å². The number of aryl methyl sites for hydroxylation is 1. The molecule has 1 aromatic carbocycles. The Balaban J connectivity index is 1.73. The van der Waals surface area contributed by atoms with Gasteiger partial charge in [0.1, 0.15) is 5.02 Å². The van der Waals surface area contributed by atoms with Gasteiger partial charge in [-0.25, -0.2) is 4.98 Å². The minimum atomic E-state index is 0.270. The molecule has 1 aromatic heterocycles. The zero-order chi connectivity index (χ0) is 14.8. The Hall–Kier alpha value is -1.36. The number of aromatic nitrogens is 2. The van der Waals surface area contributed by atoms with Crippen molar-refractivity contribution >= 4 is 23.2 Å². The van der Waals surface area contributed by atoms with Crippen molar-refractivity contribution in [1.29, 1.82) is 0 Å². The van der Waals surface area contributed by atoms with E-state index in [4.69, 9.17) is 27.9 Å². The van der Waals surface area contributed by atoms with E-state index in [9.17, 15) is 0 Å². The van der Waals surface area contributed by atoms with E-state index in [0.717, 1.165) is 17.8 Å². The summed E-state index contributed by atoms with van der Waals surface area (Å²) in [5, 5.41) is 4.24. The maximum absolute atomic E-state index is 6.08. The average molecular weight is 324 g/mol. The molecule has 0 unspecified atom stereocenters. The summed E-state index contributed by atoms with van der Waals surface area (Å²) in [6.07, 6.45) is 4.30. The molecule has 0 amide bonds. The predicted octanol–water partition coefficient (Wildman–Crippen LogP) is 4.14. The highest BCUT2D eigenvalue weighted by molar-refractivity contribution is 6.42. The smallest absolute Gasteiger partial charge is 0.322 e. The summed E-state index contributed by atoms with van der Waals surface area (Å²) in [7, 11) is 0. The van der Waals surface area contributed by atoms with Crippen LogP contribution in [0.25, 0.3) is 0 Å². The van der Waals surface area contributed by atoms with Gasteiger partial charge in [0.05, 0.1) is 5.02 Å². The zero-order valence-electron chi connectivity index (χ0n) is 11.6. The number of hydrogen-bond acceptors (Lipinski definition) is 4. The van der Waals surface area contributed by atoms with Gasteiger partial charge in [0.25, 0.3) is 0 Å². The molecule has 0 bridgehead atoms. The van der Waals surface area contributed by atoms with Crippen LogP contribution in [0.15, 0.2) is 24.4 Å². The van der Waals surface area contributed by atoms with Gasteiger partial charge < -0.3 is 10.1 Å². The van der Waals surface area contributed by atoms with E-state index >= 15 is 0 Å². The van der Waals surface area contributed by atoms with Gasteiger partial charge in [-0.1, -0.05) is 29.3 Å². The lowest BCUT2D eigenvalue weighted by atomic mass is 10.2. The highest BCUT2D eigenvalue weighted by atomic mass is 35.5. The Labute approximate surface area is 133 Å². The number of ether oxygens (including phenoxy) is 1. The first-order valence-corrected chi connectivity index (χ1v) is 7.57. The molecule has 0 spiro atoms. The third-order valence-corrected chi connectivity index (χ3v) is 4.14. The molecule has 0 saturated heterocycles. The van der Waals surface area contributed by atoms with Gasteiger partial charge in [-0.15, -0.1) is 0 Å². The normalized spacial score (nSPS) is 14.2.